The Kier molecular flexibility index (Phi) is 1.46. The normalized spacial score (nSPS) is 29.7. The first-order valence-corrected chi connectivity index (χ1v) is 4.12. The molecule has 1 saturated carbocycles. The zero-order chi connectivity index (χ0) is 7.03. The van der Waals surface area contributed by atoms with Crippen molar-refractivity contribution in [3.8, 4) is 0 Å². The van der Waals surface area contributed by atoms with Crippen LogP contribution in [0.3, 0.4) is 0 Å². The van der Waals surface area contributed by atoms with Gasteiger partial charge in [0.15, 0.2) is 0 Å². The van der Waals surface area contributed by atoms with Crippen molar-refractivity contribution in [2.24, 2.45) is 17.1 Å². The van der Waals surface area contributed by atoms with Crippen LogP contribution in [0.2, 0.25) is 0 Å². The van der Waals surface area contributed by atoms with Gasteiger partial charge >= 0.3 is 0 Å². The quantitative estimate of drug-likeness (QED) is 0.616. The van der Waals surface area contributed by atoms with E-state index >= 15 is 0 Å². The van der Waals surface area contributed by atoms with Gasteiger partial charge < -0.3 is 10.5 Å². The van der Waals surface area contributed by atoms with Gasteiger partial charge in [0.1, 0.15) is 0 Å². The number of hydrogen-bond donors (Lipinski definition) is 1. The maximum Gasteiger partial charge on any atom is 0.0545 e. The zero-order valence-corrected chi connectivity index (χ0v) is 6.31. The molecule has 1 heterocycles. The van der Waals surface area contributed by atoms with Gasteiger partial charge in [-0.2, -0.15) is 0 Å². The van der Waals surface area contributed by atoms with E-state index in [0.29, 0.717) is 5.41 Å². The molecular formula is C8H15NO. The molecule has 10 heavy (non-hydrogen) atoms. The lowest BCUT2D eigenvalue weighted by atomic mass is 9.60. The van der Waals surface area contributed by atoms with Crippen LogP contribution in [0.15, 0.2) is 0 Å². The third-order valence-corrected chi connectivity index (χ3v) is 2.83. The van der Waals surface area contributed by atoms with E-state index in [-0.39, 0.29) is 0 Å². The van der Waals surface area contributed by atoms with Crippen LogP contribution in [0.25, 0.3) is 0 Å². The lowest BCUT2D eigenvalue weighted by molar-refractivity contribution is -0.179. The first-order chi connectivity index (χ1) is 4.85. The van der Waals surface area contributed by atoms with Gasteiger partial charge in [-0.1, -0.05) is 0 Å². The summed E-state index contributed by atoms with van der Waals surface area (Å²) < 4.78 is 5.18. The highest BCUT2D eigenvalue weighted by molar-refractivity contribution is 4.97. The minimum Gasteiger partial charge on any atom is -0.380 e. The van der Waals surface area contributed by atoms with E-state index in [2.05, 4.69) is 0 Å². The molecule has 2 aliphatic rings. The van der Waals surface area contributed by atoms with E-state index in [1.165, 1.54) is 19.3 Å². The standard InChI is InChI=1S/C8H15NO/c9-2-1-7-3-8(4-7)5-10-6-8/h7H,1-6,9H2. The predicted molar refractivity (Wildman–Crippen MR) is 39.6 cm³/mol. The molecule has 2 nitrogen and oxygen atoms in total. The molecule has 2 rings (SSSR count). The Balaban J connectivity index is 1.72. The van der Waals surface area contributed by atoms with Crippen molar-refractivity contribution in [2.75, 3.05) is 19.8 Å². The average molecular weight is 141 g/mol. The third kappa shape index (κ3) is 0.867. The first kappa shape index (κ1) is 6.62. The number of rotatable bonds is 2. The molecule has 2 N–H and O–H groups in total. The fraction of sp³-hybridized carbons (Fsp3) is 1.00. The molecule has 58 valence electrons. The van der Waals surface area contributed by atoms with Crippen molar-refractivity contribution in [1.82, 2.24) is 0 Å². The van der Waals surface area contributed by atoms with Crippen LogP contribution in [0, 0.1) is 11.3 Å². The van der Waals surface area contributed by atoms with Crippen molar-refractivity contribution < 1.29 is 4.74 Å². The Hall–Kier alpha value is -0.0800. The molecule has 2 fully saturated rings. The fourth-order valence-corrected chi connectivity index (χ4v) is 2.23. The highest BCUT2D eigenvalue weighted by Crippen LogP contribution is 2.51. The molecule has 1 spiro atoms. The van der Waals surface area contributed by atoms with Crippen LogP contribution in [-0.2, 0) is 4.74 Å². The SMILES string of the molecule is NCCC1CC2(COC2)C1. The molecule has 0 aromatic rings. The molecule has 0 bridgehead atoms. The van der Waals surface area contributed by atoms with E-state index in [0.717, 1.165) is 25.7 Å². The van der Waals surface area contributed by atoms with Crippen LogP contribution in [0.1, 0.15) is 19.3 Å². The summed E-state index contributed by atoms with van der Waals surface area (Å²) in [5.41, 5.74) is 6.09. The Bertz CT molecular complexity index is 123. The summed E-state index contributed by atoms with van der Waals surface area (Å²) in [4.78, 5) is 0. The van der Waals surface area contributed by atoms with Crippen LogP contribution in [0.5, 0.6) is 0 Å². The molecule has 1 aliphatic heterocycles. The Labute approximate surface area is 61.7 Å². The lowest BCUT2D eigenvalue weighted by Crippen LogP contribution is -2.52. The van der Waals surface area contributed by atoms with Crippen LogP contribution in [-0.4, -0.2) is 19.8 Å². The minimum atomic E-state index is 0.639. The van der Waals surface area contributed by atoms with E-state index in [4.69, 9.17) is 10.5 Å². The summed E-state index contributed by atoms with van der Waals surface area (Å²) in [6, 6.07) is 0. The third-order valence-electron chi connectivity index (χ3n) is 2.83. The summed E-state index contributed by atoms with van der Waals surface area (Å²) in [6.07, 6.45) is 3.98. The van der Waals surface area contributed by atoms with Crippen LogP contribution >= 0.6 is 0 Å². The molecule has 1 aliphatic carbocycles. The van der Waals surface area contributed by atoms with Gasteiger partial charge in [-0.3, -0.25) is 0 Å². The van der Waals surface area contributed by atoms with Crippen molar-refractivity contribution in [3.05, 3.63) is 0 Å². The van der Waals surface area contributed by atoms with Crippen molar-refractivity contribution in [3.63, 3.8) is 0 Å². The molecular weight excluding hydrogens is 126 g/mol. The Morgan fingerprint density at radius 3 is 2.50 bits per heavy atom. The van der Waals surface area contributed by atoms with Crippen LogP contribution < -0.4 is 5.73 Å². The van der Waals surface area contributed by atoms with Crippen molar-refractivity contribution >= 4 is 0 Å². The maximum absolute atomic E-state index is 5.46. The van der Waals surface area contributed by atoms with Gasteiger partial charge in [-0.15, -0.1) is 0 Å². The monoisotopic (exact) mass is 141 g/mol. The van der Waals surface area contributed by atoms with E-state index in [1.54, 1.807) is 0 Å². The second kappa shape index (κ2) is 2.21. The number of nitrogens with two attached hydrogens (primary N) is 1. The smallest absolute Gasteiger partial charge is 0.0545 e. The topological polar surface area (TPSA) is 35.2 Å². The summed E-state index contributed by atoms with van der Waals surface area (Å²) in [5, 5.41) is 0. The molecule has 0 atom stereocenters. The van der Waals surface area contributed by atoms with Gasteiger partial charge in [0.25, 0.3) is 0 Å². The van der Waals surface area contributed by atoms with Crippen LogP contribution in [0.4, 0.5) is 0 Å². The first-order valence-electron chi connectivity index (χ1n) is 4.12. The van der Waals surface area contributed by atoms with E-state index < -0.39 is 0 Å². The second-order valence-corrected chi connectivity index (χ2v) is 3.84. The highest BCUT2D eigenvalue weighted by Gasteiger charge is 2.48. The molecule has 0 amide bonds. The molecule has 0 aromatic heterocycles. The summed E-state index contributed by atoms with van der Waals surface area (Å²) >= 11 is 0. The van der Waals surface area contributed by atoms with Crippen molar-refractivity contribution in [2.45, 2.75) is 19.3 Å². The van der Waals surface area contributed by atoms with Gasteiger partial charge in [-0.05, 0) is 31.7 Å². The maximum atomic E-state index is 5.46. The van der Waals surface area contributed by atoms with E-state index in [9.17, 15) is 0 Å². The second-order valence-electron chi connectivity index (χ2n) is 3.84. The largest absolute Gasteiger partial charge is 0.380 e. The minimum absolute atomic E-state index is 0.639. The van der Waals surface area contributed by atoms with E-state index in [1.807, 2.05) is 0 Å². The fourth-order valence-electron chi connectivity index (χ4n) is 2.23. The molecule has 0 aromatic carbocycles. The molecule has 1 saturated heterocycles. The summed E-state index contributed by atoms with van der Waals surface area (Å²) in [5.74, 6) is 0.925. The predicted octanol–water partition coefficient (Wildman–Crippen LogP) is 0.762. The summed E-state index contributed by atoms with van der Waals surface area (Å²) in [7, 11) is 0. The molecule has 2 heteroatoms. The van der Waals surface area contributed by atoms with Crippen molar-refractivity contribution in [1.29, 1.82) is 0 Å². The Morgan fingerprint density at radius 1 is 1.40 bits per heavy atom. The highest BCUT2D eigenvalue weighted by atomic mass is 16.5. The molecule has 0 unspecified atom stereocenters. The summed E-state index contributed by atoms with van der Waals surface area (Å²) in [6.45, 7) is 2.91. The average Bonchev–Trinajstić information content (AvgIpc) is 1.72. The van der Waals surface area contributed by atoms with Gasteiger partial charge in [-0.25, -0.2) is 0 Å². The van der Waals surface area contributed by atoms with Gasteiger partial charge in [0, 0.05) is 5.41 Å². The zero-order valence-electron chi connectivity index (χ0n) is 6.31. The lowest BCUT2D eigenvalue weighted by Gasteiger charge is -2.53. The number of ether oxygens (including phenoxy) is 1. The Morgan fingerprint density at radius 2 is 2.10 bits per heavy atom. The molecule has 0 radical (unpaired) electrons. The number of hydrogen-bond acceptors (Lipinski definition) is 2. The van der Waals surface area contributed by atoms with Gasteiger partial charge in [0.2, 0.25) is 0 Å². The van der Waals surface area contributed by atoms with Gasteiger partial charge in [0.05, 0.1) is 13.2 Å².